The van der Waals surface area contributed by atoms with Crippen molar-refractivity contribution in [1.29, 1.82) is 0 Å². The smallest absolute Gasteiger partial charge is 0.276 e. The summed E-state index contributed by atoms with van der Waals surface area (Å²) in [6.45, 7) is 2.27. The molecule has 2 N–H and O–H groups in total. The lowest BCUT2D eigenvalue weighted by molar-refractivity contribution is 0.0953. The Morgan fingerprint density at radius 1 is 1.39 bits per heavy atom. The number of nitrogens with one attached hydrogen (secondary N) is 1. The molecule has 2 rings (SSSR count). The number of phenols is 1. The monoisotopic (exact) mass is 353 g/mol. The van der Waals surface area contributed by atoms with Crippen molar-refractivity contribution < 1.29 is 9.90 Å². The van der Waals surface area contributed by atoms with Crippen LogP contribution in [0, 0.1) is 0 Å². The van der Waals surface area contributed by atoms with Crippen LogP contribution in [0.25, 0.3) is 0 Å². The first-order valence-corrected chi connectivity index (χ1v) is 7.40. The largest absolute Gasteiger partial charge is 0.505 e. The maximum atomic E-state index is 12.0. The second-order valence-electron chi connectivity index (χ2n) is 4.55. The van der Waals surface area contributed by atoms with Crippen molar-refractivity contribution in [3.8, 4) is 5.75 Å². The van der Waals surface area contributed by atoms with Gasteiger partial charge in [0, 0.05) is 12.7 Å². The number of aryl methyl sites for hydroxylation is 1. The second kappa shape index (κ2) is 7.30. The van der Waals surface area contributed by atoms with E-state index in [1.54, 1.807) is 19.2 Å². The molecule has 0 aliphatic carbocycles. The van der Waals surface area contributed by atoms with E-state index in [2.05, 4.69) is 10.5 Å². The second-order valence-corrected chi connectivity index (χ2v) is 5.36. The van der Waals surface area contributed by atoms with Gasteiger partial charge in [0.05, 0.1) is 16.3 Å². The molecule has 0 atom stereocenters. The number of pyridine rings is 1. The molecule has 0 aliphatic rings. The highest BCUT2D eigenvalue weighted by Gasteiger charge is 2.10. The fourth-order valence-corrected chi connectivity index (χ4v) is 2.35. The molecule has 0 saturated heterocycles. The number of nitrogens with zero attached hydrogens (tertiary/aromatic N) is 2. The van der Waals surface area contributed by atoms with Crippen LogP contribution < -0.4 is 11.0 Å². The minimum atomic E-state index is -0.620. The maximum Gasteiger partial charge on any atom is 0.276 e. The Bertz CT molecular complexity index is 808. The van der Waals surface area contributed by atoms with Gasteiger partial charge in [-0.2, -0.15) is 5.10 Å². The number of hydrazone groups is 1. The first-order valence-electron chi connectivity index (χ1n) is 6.65. The molecule has 0 aliphatic heterocycles. The first-order chi connectivity index (χ1) is 10.9. The van der Waals surface area contributed by atoms with Gasteiger partial charge in [0.25, 0.3) is 11.5 Å². The summed E-state index contributed by atoms with van der Waals surface area (Å²) in [5, 5.41) is 13.3. The molecular weight excluding hydrogens is 341 g/mol. The Morgan fingerprint density at radius 2 is 2.04 bits per heavy atom. The van der Waals surface area contributed by atoms with Crippen molar-refractivity contribution in [1.82, 2.24) is 9.99 Å². The highest BCUT2D eigenvalue weighted by atomic mass is 35.5. The molecule has 0 bridgehead atoms. The van der Waals surface area contributed by atoms with Crippen molar-refractivity contribution in [3.63, 3.8) is 0 Å². The van der Waals surface area contributed by atoms with E-state index in [1.165, 1.54) is 29.0 Å². The minimum absolute atomic E-state index is 0.00623. The molecule has 0 fully saturated rings. The molecule has 1 aromatic carbocycles. The molecule has 1 amide bonds. The summed E-state index contributed by atoms with van der Waals surface area (Å²) in [5.41, 5.74) is 2.35. The maximum absolute atomic E-state index is 12.0. The Hall–Kier alpha value is -2.31. The molecule has 2 aromatic rings. The molecule has 1 heterocycles. The lowest BCUT2D eigenvalue weighted by Crippen LogP contribution is -2.30. The highest BCUT2D eigenvalue weighted by Crippen LogP contribution is 2.32. The zero-order chi connectivity index (χ0) is 17.0. The van der Waals surface area contributed by atoms with Crippen molar-refractivity contribution >= 4 is 35.3 Å². The van der Waals surface area contributed by atoms with Crippen LogP contribution in [0.3, 0.4) is 0 Å². The Balaban J connectivity index is 2.15. The quantitative estimate of drug-likeness (QED) is 0.654. The lowest BCUT2D eigenvalue weighted by Gasteiger charge is -2.04. The van der Waals surface area contributed by atoms with Crippen LogP contribution in [-0.2, 0) is 6.54 Å². The van der Waals surface area contributed by atoms with E-state index < -0.39 is 11.5 Å². The van der Waals surface area contributed by atoms with E-state index >= 15 is 0 Å². The van der Waals surface area contributed by atoms with E-state index in [9.17, 15) is 14.7 Å². The summed E-state index contributed by atoms with van der Waals surface area (Å²) in [7, 11) is 0. The molecule has 0 spiro atoms. The van der Waals surface area contributed by atoms with E-state index in [4.69, 9.17) is 23.2 Å². The van der Waals surface area contributed by atoms with Gasteiger partial charge in [-0.1, -0.05) is 23.2 Å². The third kappa shape index (κ3) is 3.91. The number of aromatic nitrogens is 1. The lowest BCUT2D eigenvalue weighted by atomic mass is 10.2. The Kier molecular flexibility index (Phi) is 5.41. The Labute approximate surface area is 142 Å². The zero-order valence-corrected chi connectivity index (χ0v) is 13.6. The van der Waals surface area contributed by atoms with E-state index in [1.807, 2.05) is 0 Å². The molecule has 8 heteroatoms. The number of aromatic hydroxyl groups is 1. The molecule has 0 radical (unpaired) electrons. The van der Waals surface area contributed by atoms with Gasteiger partial charge in [-0.25, -0.2) is 5.43 Å². The predicted octanol–water partition coefficient (Wildman–Crippen LogP) is 2.64. The summed E-state index contributed by atoms with van der Waals surface area (Å²) in [4.78, 5) is 24.0. The fourth-order valence-electron chi connectivity index (χ4n) is 1.84. The van der Waals surface area contributed by atoms with Gasteiger partial charge in [0.15, 0.2) is 5.75 Å². The van der Waals surface area contributed by atoms with Gasteiger partial charge in [0.2, 0.25) is 0 Å². The summed E-state index contributed by atoms with van der Waals surface area (Å²) >= 11 is 11.6. The number of carbonyl (C=O) groups is 1. The summed E-state index contributed by atoms with van der Waals surface area (Å²) in [6.07, 6.45) is 2.90. The standard InChI is InChI=1S/C15H13Cl2N3O3/c1-2-20-5-3-4-10(15(20)23)14(22)19-18-8-9-6-11(16)13(21)12(17)7-9/h3-8,21H,2H2,1H3,(H,19,22)/b18-8-. The molecule has 0 saturated carbocycles. The summed E-state index contributed by atoms with van der Waals surface area (Å²) in [5.74, 6) is -0.844. The summed E-state index contributed by atoms with van der Waals surface area (Å²) in [6, 6.07) is 5.91. The molecule has 1 aromatic heterocycles. The first kappa shape index (κ1) is 17.1. The number of benzene rings is 1. The van der Waals surface area contributed by atoms with Gasteiger partial charge >= 0.3 is 0 Å². The van der Waals surface area contributed by atoms with Gasteiger partial charge in [-0.15, -0.1) is 0 Å². The van der Waals surface area contributed by atoms with Crippen LogP contribution in [-0.4, -0.2) is 21.8 Å². The number of phenolic OH excluding ortho intramolecular Hbond substituents is 1. The average Bonchev–Trinajstić information content (AvgIpc) is 2.52. The van der Waals surface area contributed by atoms with Crippen LogP contribution in [0.15, 0.2) is 40.4 Å². The SMILES string of the molecule is CCn1cccc(C(=O)N/N=C\c2cc(Cl)c(O)c(Cl)c2)c1=O. The molecular formula is C15H13Cl2N3O3. The Morgan fingerprint density at radius 3 is 2.65 bits per heavy atom. The average molecular weight is 354 g/mol. The number of rotatable bonds is 4. The van der Waals surface area contributed by atoms with Crippen molar-refractivity contribution in [2.24, 2.45) is 5.10 Å². The van der Waals surface area contributed by atoms with Gasteiger partial charge in [-0.05, 0) is 36.8 Å². The van der Waals surface area contributed by atoms with Crippen molar-refractivity contribution in [2.75, 3.05) is 0 Å². The van der Waals surface area contributed by atoms with Gasteiger partial charge in [0.1, 0.15) is 5.56 Å². The number of amides is 1. The van der Waals surface area contributed by atoms with Crippen LogP contribution in [0.4, 0.5) is 0 Å². The zero-order valence-electron chi connectivity index (χ0n) is 12.1. The normalized spacial score (nSPS) is 10.9. The van der Waals surface area contributed by atoms with Crippen molar-refractivity contribution in [2.45, 2.75) is 13.5 Å². The molecule has 0 unspecified atom stereocenters. The third-order valence-electron chi connectivity index (χ3n) is 3.02. The van der Waals surface area contributed by atoms with Crippen LogP contribution in [0.5, 0.6) is 5.75 Å². The molecule has 23 heavy (non-hydrogen) atoms. The number of carbonyl (C=O) groups excluding carboxylic acids is 1. The van der Waals surface area contributed by atoms with Crippen LogP contribution in [0.1, 0.15) is 22.8 Å². The number of hydrogen-bond donors (Lipinski definition) is 2. The molecule has 120 valence electrons. The van der Waals surface area contributed by atoms with Crippen molar-refractivity contribution in [3.05, 3.63) is 62.0 Å². The third-order valence-corrected chi connectivity index (χ3v) is 3.60. The molecule has 6 nitrogen and oxygen atoms in total. The minimum Gasteiger partial charge on any atom is -0.505 e. The number of hydrogen-bond acceptors (Lipinski definition) is 4. The van der Waals surface area contributed by atoms with Crippen LogP contribution in [0.2, 0.25) is 10.0 Å². The fraction of sp³-hybridized carbons (Fsp3) is 0.133. The predicted molar refractivity (Wildman–Crippen MR) is 89.6 cm³/mol. The highest BCUT2D eigenvalue weighted by molar-refractivity contribution is 6.37. The number of halogens is 2. The van der Waals surface area contributed by atoms with E-state index in [-0.39, 0.29) is 21.4 Å². The van der Waals surface area contributed by atoms with Gasteiger partial charge in [-0.3, -0.25) is 9.59 Å². The van der Waals surface area contributed by atoms with Crippen LogP contribution >= 0.6 is 23.2 Å². The topological polar surface area (TPSA) is 83.7 Å². The van der Waals surface area contributed by atoms with E-state index in [0.717, 1.165) is 0 Å². The van der Waals surface area contributed by atoms with E-state index in [0.29, 0.717) is 12.1 Å². The van der Waals surface area contributed by atoms with Gasteiger partial charge < -0.3 is 9.67 Å². The summed E-state index contributed by atoms with van der Waals surface area (Å²) < 4.78 is 1.41.